The third kappa shape index (κ3) is 2.52. The summed E-state index contributed by atoms with van der Waals surface area (Å²) in [5.74, 6) is 0.794. The Morgan fingerprint density at radius 2 is 2.00 bits per heavy atom. The summed E-state index contributed by atoms with van der Waals surface area (Å²) in [6, 6.07) is 14.0. The normalized spacial score (nSPS) is 10.9. The molecule has 0 aliphatic heterocycles. The molecule has 102 valence electrons. The van der Waals surface area contributed by atoms with Gasteiger partial charge in [-0.05, 0) is 37.3 Å². The van der Waals surface area contributed by atoms with E-state index in [0.717, 1.165) is 5.75 Å². The minimum Gasteiger partial charge on any atom is -0.489 e. The highest BCUT2D eigenvalue weighted by Crippen LogP contribution is 2.24. The van der Waals surface area contributed by atoms with Crippen LogP contribution in [0.3, 0.4) is 0 Å². The van der Waals surface area contributed by atoms with Crippen molar-refractivity contribution in [1.29, 1.82) is 0 Å². The van der Waals surface area contributed by atoms with Gasteiger partial charge in [-0.25, -0.2) is 0 Å². The SMILES string of the molecule is Cc1ccc2c(c1)c(COc1cccc(Cl)c1)cn2C. The molecule has 2 nitrogen and oxygen atoms in total. The maximum atomic E-state index is 5.96. The highest BCUT2D eigenvalue weighted by molar-refractivity contribution is 6.30. The summed E-state index contributed by atoms with van der Waals surface area (Å²) < 4.78 is 7.97. The van der Waals surface area contributed by atoms with Crippen molar-refractivity contribution in [3.63, 3.8) is 0 Å². The number of aryl methyl sites for hydroxylation is 2. The van der Waals surface area contributed by atoms with Crippen LogP contribution >= 0.6 is 11.6 Å². The molecule has 0 saturated carbocycles. The number of benzene rings is 2. The van der Waals surface area contributed by atoms with Crippen molar-refractivity contribution in [1.82, 2.24) is 4.57 Å². The van der Waals surface area contributed by atoms with Crippen molar-refractivity contribution in [2.75, 3.05) is 0 Å². The Kier molecular flexibility index (Phi) is 3.41. The summed E-state index contributed by atoms with van der Waals surface area (Å²) in [7, 11) is 2.06. The van der Waals surface area contributed by atoms with Gasteiger partial charge in [0.1, 0.15) is 12.4 Å². The van der Waals surface area contributed by atoms with Crippen LogP contribution in [0.4, 0.5) is 0 Å². The molecule has 0 fully saturated rings. The minimum absolute atomic E-state index is 0.543. The number of rotatable bonds is 3. The molecule has 1 heterocycles. The first-order valence-corrected chi connectivity index (χ1v) is 6.94. The zero-order chi connectivity index (χ0) is 14.1. The highest BCUT2D eigenvalue weighted by atomic mass is 35.5. The van der Waals surface area contributed by atoms with E-state index in [9.17, 15) is 0 Å². The van der Waals surface area contributed by atoms with Crippen LogP contribution in [0.15, 0.2) is 48.7 Å². The van der Waals surface area contributed by atoms with Crippen molar-refractivity contribution in [3.8, 4) is 5.75 Å². The first-order chi connectivity index (χ1) is 9.63. The van der Waals surface area contributed by atoms with Gasteiger partial charge in [0.15, 0.2) is 0 Å². The van der Waals surface area contributed by atoms with Gasteiger partial charge in [0.05, 0.1) is 0 Å². The first kappa shape index (κ1) is 13.1. The number of aromatic nitrogens is 1. The van der Waals surface area contributed by atoms with Crippen LogP contribution < -0.4 is 4.74 Å². The molecule has 2 aromatic carbocycles. The fourth-order valence-corrected chi connectivity index (χ4v) is 2.60. The Labute approximate surface area is 123 Å². The molecule has 0 atom stereocenters. The second kappa shape index (κ2) is 5.22. The van der Waals surface area contributed by atoms with Gasteiger partial charge >= 0.3 is 0 Å². The van der Waals surface area contributed by atoms with E-state index in [4.69, 9.17) is 16.3 Å². The van der Waals surface area contributed by atoms with Gasteiger partial charge < -0.3 is 9.30 Å². The second-order valence-electron chi connectivity index (χ2n) is 5.03. The monoisotopic (exact) mass is 285 g/mol. The van der Waals surface area contributed by atoms with Gasteiger partial charge in [0, 0.05) is 34.7 Å². The molecule has 3 heteroatoms. The number of ether oxygens (including phenoxy) is 1. The van der Waals surface area contributed by atoms with Crippen LogP contribution in [0, 0.1) is 6.92 Å². The predicted octanol–water partition coefficient (Wildman–Crippen LogP) is 4.72. The summed E-state index contributed by atoms with van der Waals surface area (Å²) in [5, 5.41) is 1.94. The molecule has 0 aliphatic carbocycles. The topological polar surface area (TPSA) is 14.2 Å². The third-order valence-electron chi connectivity index (χ3n) is 3.42. The summed E-state index contributed by atoms with van der Waals surface area (Å²) in [6.45, 7) is 2.65. The van der Waals surface area contributed by atoms with Crippen molar-refractivity contribution < 1.29 is 4.74 Å². The maximum absolute atomic E-state index is 5.96. The largest absolute Gasteiger partial charge is 0.489 e. The first-order valence-electron chi connectivity index (χ1n) is 6.56. The van der Waals surface area contributed by atoms with E-state index < -0.39 is 0 Å². The average molecular weight is 286 g/mol. The van der Waals surface area contributed by atoms with Crippen molar-refractivity contribution >= 4 is 22.5 Å². The number of halogens is 1. The van der Waals surface area contributed by atoms with Gasteiger partial charge in [0.25, 0.3) is 0 Å². The van der Waals surface area contributed by atoms with Gasteiger partial charge in [-0.3, -0.25) is 0 Å². The zero-order valence-corrected chi connectivity index (χ0v) is 12.3. The maximum Gasteiger partial charge on any atom is 0.121 e. The minimum atomic E-state index is 0.543. The van der Waals surface area contributed by atoms with Crippen LogP contribution in [-0.4, -0.2) is 4.57 Å². The molecule has 0 spiro atoms. The summed E-state index contributed by atoms with van der Waals surface area (Å²) >= 11 is 5.96. The van der Waals surface area contributed by atoms with E-state index in [1.165, 1.54) is 22.0 Å². The van der Waals surface area contributed by atoms with E-state index in [0.29, 0.717) is 11.6 Å². The van der Waals surface area contributed by atoms with Crippen LogP contribution in [-0.2, 0) is 13.7 Å². The number of hydrogen-bond donors (Lipinski definition) is 0. The van der Waals surface area contributed by atoms with E-state index in [2.05, 4.69) is 42.9 Å². The fraction of sp³-hybridized carbons (Fsp3) is 0.176. The van der Waals surface area contributed by atoms with Gasteiger partial charge in [-0.1, -0.05) is 29.3 Å². The summed E-state index contributed by atoms with van der Waals surface area (Å²) in [4.78, 5) is 0. The third-order valence-corrected chi connectivity index (χ3v) is 3.65. The van der Waals surface area contributed by atoms with E-state index in [-0.39, 0.29) is 0 Å². The van der Waals surface area contributed by atoms with Crippen LogP contribution in [0.1, 0.15) is 11.1 Å². The Morgan fingerprint density at radius 3 is 2.80 bits per heavy atom. The fourth-order valence-electron chi connectivity index (χ4n) is 2.42. The molecule has 1 aromatic heterocycles. The molecule has 0 amide bonds. The lowest BCUT2D eigenvalue weighted by Crippen LogP contribution is -1.94. The number of fused-ring (bicyclic) bond motifs is 1. The second-order valence-corrected chi connectivity index (χ2v) is 5.47. The lowest BCUT2D eigenvalue weighted by atomic mass is 10.1. The molecule has 0 bridgehead atoms. The van der Waals surface area contributed by atoms with Gasteiger partial charge in [-0.2, -0.15) is 0 Å². The standard InChI is InChI=1S/C17H16ClNO/c1-12-6-7-17-16(8-12)13(10-19(17)2)11-20-15-5-3-4-14(18)9-15/h3-10H,11H2,1-2H3. The molecule has 0 aliphatic rings. The molecule has 0 N–H and O–H groups in total. The van der Waals surface area contributed by atoms with Gasteiger partial charge in [-0.15, -0.1) is 0 Å². The number of nitrogens with zero attached hydrogens (tertiary/aromatic N) is 1. The number of hydrogen-bond acceptors (Lipinski definition) is 1. The predicted molar refractivity (Wildman–Crippen MR) is 83.4 cm³/mol. The quantitative estimate of drug-likeness (QED) is 0.679. The molecule has 0 unspecified atom stereocenters. The zero-order valence-electron chi connectivity index (χ0n) is 11.6. The van der Waals surface area contributed by atoms with Crippen LogP contribution in [0.25, 0.3) is 10.9 Å². The van der Waals surface area contributed by atoms with E-state index >= 15 is 0 Å². The average Bonchev–Trinajstić information content (AvgIpc) is 2.73. The molecule has 0 radical (unpaired) electrons. The molecular formula is C17H16ClNO. The summed E-state index contributed by atoms with van der Waals surface area (Å²) in [5.41, 5.74) is 3.67. The Morgan fingerprint density at radius 1 is 1.15 bits per heavy atom. The Bertz CT molecular complexity index is 761. The lowest BCUT2D eigenvalue weighted by molar-refractivity contribution is 0.307. The molecule has 3 rings (SSSR count). The van der Waals surface area contributed by atoms with Crippen molar-refractivity contribution in [2.45, 2.75) is 13.5 Å². The smallest absolute Gasteiger partial charge is 0.121 e. The molecule has 3 aromatic rings. The van der Waals surface area contributed by atoms with Crippen LogP contribution in [0.5, 0.6) is 5.75 Å². The van der Waals surface area contributed by atoms with Gasteiger partial charge in [0.2, 0.25) is 0 Å². The lowest BCUT2D eigenvalue weighted by Gasteiger charge is -2.05. The summed E-state index contributed by atoms with van der Waals surface area (Å²) in [6.07, 6.45) is 2.12. The van der Waals surface area contributed by atoms with E-state index in [1.807, 2.05) is 24.3 Å². The van der Waals surface area contributed by atoms with E-state index in [1.54, 1.807) is 0 Å². The van der Waals surface area contributed by atoms with Crippen molar-refractivity contribution in [2.24, 2.45) is 7.05 Å². The van der Waals surface area contributed by atoms with Crippen LogP contribution in [0.2, 0.25) is 5.02 Å². The van der Waals surface area contributed by atoms with Crippen molar-refractivity contribution in [3.05, 3.63) is 64.8 Å². The highest BCUT2D eigenvalue weighted by Gasteiger charge is 2.07. The Balaban J connectivity index is 1.89. The molecule has 0 saturated heterocycles. The molecule has 20 heavy (non-hydrogen) atoms. The molecular weight excluding hydrogens is 270 g/mol. The Hall–Kier alpha value is -1.93.